The first-order valence-electron chi connectivity index (χ1n) is 10.9. The smallest absolute Gasteiger partial charge is 0.230 e. The molecule has 0 aliphatic carbocycles. The van der Waals surface area contributed by atoms with Crippen molar-refractivity contribution in [3.8, 4) is 22.1 Å². The van der Waals surface area contributed by atoms with E-state index in [0.717, 1.165) is 22.6 Å². The van der Waals surface area contributed by atoms with Crippen molar-refractivity contribution in [1.29, 1.82) is 0 Å². The second-order valence-electron chi connectivity index (χ2n) is 8.20. The summed E-state index contributed by atoms with van der Waals surface area (Å²) < 4.78 is 6.80. The summed E-state index contributed by atoms with van der Waals surface area (Å²) >= 11 is 7.41. The van der Waals surface area contributed by atoms with Gasteiger partial charge < -0.3 is 15.0 Å². The second kappa shape index (κ2) is 9.52. The van der Waals surface area contributed by atoms with E-state index in [1.54, 1.807) is 34.9 Å². The number of ether oxygens (including phenoxy) is 1. The van der Waals surface area contributed by atoms with Gasteiger partial charge in [0.25, 0.3) is 0 Å². The van der Waals surface area contributed by atoms with E-state index < -0.39 is 5.92 Å². The lowest BCUT2D eigenvalue weighted by molar-refractivity contribution is -0.122. The Morgan fingerprint density at radius 3 is 2.63 bits per heavy atom. The predicted octanol–water partition coefficient (Wildman–Crippen LogP) is 4.96. The number of amides is 2. The average molecular weight is 508 g/mol. The third-order valence-electron chi connectivity index (χ3n) is 5.78. The molecule has 0 saturated carbocycles. The largest absolute Gasteiger partial charge is 0.497 e. The van der Waals surface area contributed by atoms with Crippen molar-refractivity contribution >= 4 is 46.3 Å². The highest BCUT2D eigenvalue weighted by atomic mass is 35.5. The Kier molecular flexibility index (Phi) is 6.27. The van der Waals surface area contributed by atoms with Gasteiger partial charge in [0.05, 0.1) is 24.4 Å². The van der Waals surface area contributed by atoms with Gasteiger partial charge in [0, 0.05) is 40.7 Å². The van der Waals surface area contributed by atoms with E-state index in [-0.39, 0.29) is 18.2 Å². The summed E-state index contributed by atoms with van der Waals surface area (Å²) in [7, 11) is 1.59. The monoisotopic (exact) mass is 507 g/mol. The number of hydrogen-bond donors (Lipinski definition) is 1. The molecule has 2 aromatic carbocycles. The first kappa shape index (κ1) is 23.1. The number of anilines is 2. The summed E-state index contributed by atoms with van der Waals surface area (Å²) in [6.45, 7) is 2.16. The average Bonchev–Trinajstić information content (AvgIpc) is 3.58. The van der Waals surface area contributed by atoms with Gasteiger partial charge in [-0.1, -0.05) is 23.7 Å². The Balaban J connectivity index is 1.32. The fraction of sp³-hybridized carbons (Fsp3) is 0.200. The highest BCUT2D eigenvalue weighted by Gasteiger charge is 2.35. The lowest BCUT2D eigenvalue weighted by Gasteiger charge is -2.17. The molecule has 0 radical (unpaired) electrons. The highest BCUT2D eigenvalue weighted by Crippen LogP contribution is 2.30. The molecule has 0 bridgehead atoms. The SMILES string of the molecule is COc1ccc(N2CC(C(=O)Nc3cc(C)nn3-c3nc(-c4ccc(Cl)cc4)cs3)CC2=O)cc1. The molecule has 8 nitrogen and oxygen atoms in total. The van der Waals surface area contributed by atoms with Crippen LogP contribution >= 0.6 is 22.9 Å². The zero-order chi connectivity index (χ0) is 24.5. The van der Waals surface area contributed by atoms with E-state index >= 15 is 0 Å². The maximum Gasteiger partial charge on any atom is 0.230 e. The summed E-state index contributed by atoms with van der Waals surface area (Å²) in [5, 5.41) is 10.7. The molecule has 1 N–H and O–H groups in total. The van der Waals surface area contributed by atoms with Gasteiger partial charge in [-0.2, -0.15) is 9.78 Å². The lowest BCUT2D eigenvalue weighted by atomic mass is 10.1. The molecule has 178 valence electrons. The molecular weight excluding hydrogens is 486 g/mol. The van der Waals surface area contributed by atoms with E-state index in [2.05, 4.69) is 15.4 Å². The molecule has 4 aromatic rings. The number of aryl methyl sites for hydroxylation is 1. The Morgan fingerprint density at radius 2 is 1.91 bits per heavy atom. The number of nitrogens with one attached hydrogen (secondary N) is 1. The van der Waals surface area contributed by atoms with Crippen LogP contribution in [-0.2, 0) is 9.59 Å². The quantitative estimate of drug-likeness (QED) is 0.398. The van der Waals surface area contributed by atoms with Crippen LogP contribution in [0.3, 0.4) is 0 Å². The molecular formula is C25H22ClN5O3S. The maximum absolute atomic E-state index is 13.1. The summed E-state index contributed by atoms with van der Waals surface area (Å²) in [5.74, 6) is 0.422. The predicted molar refractivity (Wildman–Crippen MR) is 137 cm³/mol. The Morgan fingerprint density at radius 1 is 1.17 bits per heavy atom. The van der Waals surface area contributed by atoms with Gasteiger partial charge in [-0.05, 0) is 43.3 Å². The molecule has 10 heteroatoms. The molecule has 1 aliphatic rings. The molecule has 1 fully saturated rings. The van der Waals surface area contributed by atoms with Crippen LogP contribution in [0.15, 0.2) is 60.0 Å². The number of hydrogen-bond acceptors (Lipinski definition) is 6. The summed E-state index contributed by atoms with van der Waals surface area (Å²) in [4.78, 5) is 32.1. The minimum absolute atomic E-state index is 0.0902. The van der Waals surface area contributed by atoms with Crippen molar-refractivity contribution in [1.82, 2.24) is 14.8 Å². The topological polar surface area (TPSA) is 89.3 Å². The lowest BCUT2D eigenvalue weighted by Crippen LogP contribution is -2.28. The van der Waals surface area contributed by atoms with Gasteiger partial charge in [-0.3, -0.25) is 9.59 Å². The summed E-state index contributed by atoms with van der Waals surface area (Å²) in [6.07, 6.45) is 0.142. The minimum atomic E-state index is -0.478. The molecule has 0 spiro atoms. The molecule has 1 unspecified atom stereocenters. The van der Waals surface area contributed by atoms with Crippen LogP contribution in [0.5, 0.6) is 5.75 Å². The Labute approximate surface area is 211 Å². The second-order valence-corrected chi connectivity index (χ2v) is 9.47. The molecule has 1 atom stereocenters. The molecule has 35 heavy (non-hydrogen) atoms. The first-order valence-corrected chi connectivity index (χ1v) is 12.2. The van der Waals surface area contributed by atoms with Crippen LogP contribution < -0.4 is 15.0 Å². The molecule has 3 heterocycles. The van der Waals surface area contributed by atoms with E-state index in [1.807, 2.05) is 48.7 Å². The van der Waals surface area contributed by atoms with Crippen molar-refractivity contribution in [2.45, 2.75) is 13.3 Å². The number of rotatable bonds is 6. The van der Waals surface area contributed by atoms with Crippen molar-refractivity contribution in [2.24, 2.45) is 5.92 Å². The zero-order valence-electron chi connectivity index (χ0n) is 19.1. The number of halogens is 1. The van der Waals surface area contributed by atoms with E-state index in [0.29, 0.717) is 28.3 Å². The van der Waals surface area contributed by atoms with Gasteiger partial charge in [0.1, 0.15) is 11.6 Å². The van der Waals surface area contributed by atoms with Crippen molar-refractivity contribution < 1.29 is 14.3 Å². The van der Waals surface area contributed by atoms with Crippen molar-refractivity contribution in [2.75, 3.05) is 23.9 Å². The van der Waals surface area contributed by atoms with Gasteiger partial charge in [-0.25, -0.2) is 4.98 Å². The summed E-state index contributed by atoms with van der Waals surface area (Å²) in [6, 6.07) is 16.5. The minimum Gasteiger partial charge on any atom is -0.497 e. The molecule has 1 saturated heterocycles. The van der Waals surface area contributed by atoms with Crippen LogP contribution in [0.1, 0.15) is 12.1 Å². The van der Waals surface area contributed by atoms with E-state index in [9.17, 15) is 9.59 Å². The zero-order valence-corrected chi connectivity index (χ0v) is 20.6. The van der Waals surface area contributed by atoms with E-state index in [1.165, 1.54) is 11.3 Å². The van der Waals surface area contributed by atoms with Gasteiger partial charge in [0.2, 0.25) is 16.9 Å². The van der Waals surface area contributed by atoms with Crippen LogP contribution in [0.25, 0.3) is 16.4 Å². The number of nitrogens with zero attached hydrogens (tertiary/aromatic N) is 4. The third-order valence-corrected chi connectivity index (χ3v) is 6.84. The maximum atomic E-state index is 13.1. The van der Waals surface area contributed by atoms with Gasteiger partial charge in [-0.15, -0.1) is 11.3 Å². The van der Waals surface area contributed by atoms with Crippen molar-refractivity contribution in [3.63, 3.8) is 0 Å². The number of benzene rings is 2. The Hall–Kier alpha value is -3.69. The molecule has 2 aromatic heterocycles. The van der Waals surface area contributed by atoms with Crippen LogP contribution in [0.2, 0.25) is 5.02 Å². The summed E-state index contributed by atoms with van der Waals surface area (Å²) in [5.41, 5.74) is 3.22. The number of carbonyl (C=O) groups excluding carboxylic acids is 2. The standard InChI is InChI=1S/C25H22ClN5O3S/c1-15-11-22(31(29-15)25-27-21(14-35-25)16-3-5-18(26)6-4-16)28-24(33)17-12-23(32)30(13-17)19-7-9-20(34-2)10-8-19/h3-11,14,17H,12-13H2,1-2H3,(H,28,33). The van der Waals surface area contributed by atoms with Crippen LogP contribution in [0, 0.1) is 12.8 Å². The van der Waals surface area contributed by atoms with Crippen LogP contribution in [-0.4, -0.2) is 40.2 Å². The third kappa shape index (κ3) is 4.78. The fourth-order valence-electron chi connectivity index (χ4n) is 3.97. The van der Waals surface area contributed by atoms with Gasteiger partial charge >= 0.3 is 0 Å². The number of carbonyl (C=O) groups is 2. The molecule has 1 aliphatic heterocycles. The number of thiazole rings is 1. The fourth-order valence-corrected chi connectivity index (χ4v) is 4.89. The normalized spacial score (nSPS) is 15.5. The highest BCUT2D eigenvalue weighted by molar-refractivity contribution is 7.12. The Bertz CT molecular complexity index is 1380. The van der Waals surface area contributed by atoms with E-state index in [4.69, 9.17) is 16.3 Å². The number of methoxy groups -OCH3 is 1. The van der Waals surface area contributed by atoms with Gasteiger partial charge in [0.15, 0.2) is 0 Å². The first-order chi connectivity index (χ1) is 16.9. The van der Waals surface area contributed by atoms with Crippen molar-refractivity contribution in [3.05, 3.63) is 70.7 Å². The number of aromatic nitrogens is 3. The molecule has 5 rings (SSSR count). The molecule has 2 amide bonds. The van der Waals surface area contributed by atoms with Crippen LogP contribution in [0.4, 0.5) is 11.5 Å².